The Morgan fingerprint density at radius 3 is 1.00 bits per heavy atom. The van der Waals surface area contributed by atoms with Crippen molar-refractivity contribution >= 4 is 27.7 Å². The summed E-state index contributed by atoms with van der Waals surface area (Å²) in [6.45, 7) is 0. The predicted molar refractivity (Wildman–Crippen MR) is 99.9 cm³/mol. The zero-order chi connectivity index (χ0) is 17.3. The Morgan fingerprint density at radius 2 is 0.792 bits per heavy atom. The van der Waals surface area contributed by atoms with Gasteiger partial charge in [-0.15, -0.1) is 0 Å². The van der Waals surface area contributed by atoms with Gasteiger partial charge >= 0.3 is 142 Å². The molecular weight excluding hydrogens is 420 g/mol. The van der Waals surface area contributed by atoms with Gasteiger partial charge in [-0.1, -0.05) is 0 Å². The molecule has 4 heteroatoms. The molecule has 126 valence electrons. The fraction of sp³-hybridized carbons (Fsp3) is 0.100. The van der Waals surface area contributed by atoms with Crippen LogP contribution in [0.4, 0.5) is 5.78 Å². The number of halogens is 2. The Labute approximate surface area is 141 Å². The summed E-state index contributed by atoms with van der Waals surface area (Å²) < 4.78 is 36.8. The molecular formula is C20H21F2NTe. The molecule has 0 unspecified atom stereocenters. The molecule has 0 aliphatic carbocycles. The molecule has 0 spiro atoms. The van der Waals surface area contributed by atoms with E-state index in [1.807, 2.05) is 0 Å². The maximum atomic E-state index is 17.6. The fourth-order valence-corrected chi connectivity index (χ4v) is 15.6. The van der Waals surface area contributed by atoms with Gasteiger partial charge in [-0.25, -0.2) is 0 Å². The number of rotatable bonds is 4. The van der Waals surface area contributed by atoms with Gasteiger partial charge < -0.3 is 0 Å². The van der Waals surface area contributed by atoms with Gasteiger partial charge in [0.1, 0.15) is 0 Å². The quantitative estimate of drug-likeness (QED) is 0.564. The average Bonchev–Trinajstić information content (AvgIpc) is 2.64. The van der Waals surface area contributed by atoms with Crippen LogP contribution in [0.1, 0.15) is 0 Å². The van der Waals surface area contributed by atoms with Crippen LogP contribution in [0.3, 0.4) is 0 Å². The van der Waals surface area contributed by atoms with E-state index in [2.05, 4.69) is 0 Å². The first-order valence-corrected chi connectivity index (χ1v) is 14.0. The summed E-state index contributed by atoms with van der Waals surface area (Å²) >= 11 is -7.25. The number of hydrogen-bond acceptors (Lipinski definition) is 1. The van der Waals surface area contributed by atoms with Crippen LogP contribution >= 0.6 is 0 Å². The van der Waals surface area contributed by atoms with E-state index in [0.717, 1.165) is 0 Å². The summed E-state index contributed by atoms with van der Waals surface area (Å²) in [5, 5.41) is 0. The molecule has 1 nitrogen and oxygen atoms in total. The second kappa shape index (κ2) is 5.39. The van der Waals surface area contributed by atoms with E-state index >= 15 is 5.78 Å². The summed E-state index contributed by atoms with van der Waals surface area (Å²) in [6, 6.07) is 24.8. The molecule has 0 bridgehead atoms. The number of nitrogens with zero attached hydrogens (tertiary/aromatic N) is 1. The molecule has 0 fully saturated rings. The standard InChI is InChI=1S/C20H21F2NTe/c1-23(2)24(21,22,18-12-6-3-7-13-18,19-14-8-4-9-15-19)20-16-10-5-11-17-20/h3-17H,1-2H3. The Balaban J connectivity index is 2.59. The van der Waals surface area contributed by atoms with Crippen molar-refractivity contribution in [3.05, 3.63) is 91.0 Å². The molecule has 0 N–H and O–H groups in total. The third kappa shape index (κ3) is 1.94. The van der Waals surface area contributed by atoms with Crippen molar-refractivity contribution in [3.8, 4) is 0 Å². The summed E-state index contributed by atoms with van der Waals surface area (Å²) in [7, 11) is 3.00. The van der Waals surface area contributed by atoms with Crippen molar-refractivity contribution in [2.24, 2.45) is 0 Å². The van der Waals surface area contributed by atoms with Crippen molar-refractivity contribution in [3.63, 3.8) is 0 Å². The molecule has 24 heavy (non-hydrogen) atoms. The van der Waals surface area contributed by atoms with Gasteiger partial charge in [0, 0.05) is 0 Å². The van der Waals surface area contributed by atoms with Crippen molar-refractivity contribution in [2.75, 3.05) is 14.1 Å². The van der Waals surface area contributed by atoms with Gasteiger partial charge in [0.15, 0.2) is 0 Å². The van der Waals surface area contributed by atoms with Crippen LogP contribution in [0.15, 0.2) is 91.0 Å². The molecule has 0 aromatic heterocycles. The van der Waals surface area contributed by atoms with Crippen molar-refractivity contribution in [2.45, 2.75) is 0 Å². The molecule has 0 saturated carbocycles. The Hall–Kier alpha value is -1.73. The second-order valence-electron chi connectivity index (χ2n) is 5.99. The number of benzene rings is 3. The monoisotopic (exact) mass is 443 g/mol. The zero-order valence-corrected chi connectivity index (χ0v) is 16.1. The summed E-state index contributed by atoms with van der Waals surface area (Å²) in [4.78, 5) is 0. The van der Waals surface area contributed by atoms with E-state index in [4.69, 9.17) is 0 Å². The molecule has 0 amide bonds. The van der Waals surface area contributed by atoms with Crippen LogP contribution in [0, 0.1) is 0 Å². The first-order chi connectivity index (χ1) is 11.4. The molecule has 3 aromatic carbocycles. The van der Waals surface area contributed by atoms with Crippen molar-refractivity contribution < 1.29 is 5.78 Å². The summed E-state index contributed by atoms with van der Waals surface area (Å²) in [5.41, 5.74) is 0. The third-order valence-electron chi connectivity index (χ3n) is 4.61. The molecule has 0 heterocycles. The fourth-order valence-electron chi connectivity index (χ4n) is 3.20. The summed E-state index contributed by atoms with van der Waals surface area (Å²) in [5.74, 6) is 0. The average molecular weight is 441 g/mol. The number of hydrogen-bond donors (Lipinski definition) is 0. The first-order valence-electron chi connectivity index (χ1n) is 7.73. The van der Waals surface area contributed by atoms with E-state index < -0.39 is 16.8 Å². The maximum absolute atomic E-state index is 17.6. The van der Waals surface area contributed by atoms with E-state index in [1.165, 1.54) is 17.2 Å². The predicted octanol–water partition coefficient (Wildman–Crippen LogP) is 3.06. The minimum atomic E-state index is -7.25. The van der Waals surface area contributed by atoms with Gasteiger partial charge in [-0.3, -0.25) is 0 Å². The molecule has 0 saturated heterocycles. The van der Waals surface area contributed by atoms with Crippen LogP contribution < -0.4 is 10.8 Å². The van der Waals surface area contributed by atoms with Crippen molar-refractivity contribution in [1.29, 1.82) is 0 Å². The molecule has 0 radical (unpaired) electrons. The zero-order valence-electron chi connectivity index (χ0n) is 13.8. The SMILES string of the molecule is CN(C)[Te](F)(F)(c1ccccc1)(c1ccccc1)c1ccccc1. The Morgan fingerprint density at radius 1 is 0.542 bits per heavy atom. The third-order valence-corrected chi connectivity index (χ3v) is 20.5. The second-order valence-corrected chi connectivity index (χ2v) is 19.2. The van der Waals surface area contributed by atoms with E-state index in [1.54, 1.807) is 91.0 Å². The van der Waals surface area contributed by atoms with Crippen LogP contribution in [0.25, 0.3) is 0 Å². The van der Waals surface area contributed by atoms with E-state index in [9.17, 15) is 0 Å². The van der Waals surface area contributed by atoms with E-state index in [0.29, 0.717) is 0 Å². The molecule has 3 aromatic rings. The normalized spacial score (nSPS) is 14.9. The molecule has 0 aliphatic heterocycles. The van der Waals surface area contributed by atoms with Crippen molar-refractivity contribution in [1.82, 2.24) is 3.15 Å². The molecule has 0 aliphatic rings. The van der Waals surface area contributed by atoms with Gasteiger partial charge in [-0.2, -0.15) is 0 Å². The van der Waals surface area contributed by atoms with Crippen LogP contribution in [0.5, 0.6) is 0 Å². The molecule has 0 atom stereocenters. The van der Waals surface area contributed by atoms with Gasteiger partial charge in [-0.05, 0) is 0 Å². The summed E-state index contributed by atoms with van der Waals surface area (Å²) in [6.07, 6.45) is 0. The van der Waals surface area contributed by atoms with Gasteiger partial charge in [0.2, 0.25) is 0 Å². The Kier molecular flexibility index (Phi) is 3.84. The van der Waals surface area contributed by atoms with Crippen LogP contribution in [-0.2, 0) is 0 Å². The van der Waals surface area contributed by atoms with E-state index in [-0.39, 0.29) is 10.8 Å². The first kappa shape index (κ1) is 17.1. The van der Waals surface area contributed by atoms with Crippen LogP contribution in [-0.4, -0.2) is 34.1 Å². The van der Waals surface area contributed by atoms with Gasteiger partial charge in [0.25, 0.3) is 0 Å². The topological polar surface area (TPSA) is 3.24 Å². The Bertz CT molecular complexity index is 740. The van der Waals surface area contributed by atoms with Gasteiger partial charge in [0.05, 0.1) is 0 Å². The van der Waals surface area contributed by atoms with Crippen LogP contribution in [0.2, 0.25) is 0 Å². The molecule has 3 rings (SSSR count). The minimum absolute atomic E-state index is 0.0988.